The second-order valence-corrected chi connectivity index (χ2v) is 5.67. The molecule has 0 N–H and O–H groups in total. The molecule has 0 radical (unpaired) electrons. The van der Waals surface area contributed by atoms with Gasteiger partial charge in [-0.25, -0.2) is 0 Å². The van der Waals surface area contributed by atoms with Crippen LogP contribution in [-0.2, 0) is 19.1 Å². The summed E-state index contributed by atoms with van der Waals surface area (Å²) in [5.41, 5.74) is 0. The van der Waals surface area contributed by atoms with Crippen molar-refractivity contribution in [3.05, 3.63) is 0 Å². The standard InChI is InChI=1S/C17H32O4/c1-5-8-9-10-14(4)15(17(19)21-12-7-3)13-16(18)20-11-6-2/h14-15H,5-13H2,1-4H3. The Morgan fingerprint density at radius 1 is 0.905 bits per heavy atom. The maximum Gasteiger partial charge on any atom is 0.309 e. The van der Waals surface area contributed by atoms with E-state index in [1.807, 2.05) is 20.8 Å². The molecule has 2 atom stereocenters. The van der Waals surface area contributed by atoms with E-state index >= 15 is 0 Å². The zero-order valence-corrected chi connectivity index (χ0v) is 14.2. The SMILES string of the molecule is CCCCCC(C)C(CC(=O)OCCC)C(=O)OCCC. The molecule has 2 unspecified atom stereocenters. The van der Waals surface area contributed by atoms with Gasteiger partial charge in [-0.3, -0.25) is 9.59 Å². The van der Waals surface area contributed by atoms with Crippen LogP contribution in [0.3, 0.4) is 0 Å². The lowest BCUT2D eigenvalue weighted by Crippen LogP contribution is -2.28. The minimum absolute atomic E-state index is 0.135. The summed E-state index contributed by atoms with van der Waals surface area (Å²) in [5, 5.41) is 0. The van der Waals surface area contributed by atoms with Crippen molar-refractivity contribution in [3.8, 4) is 0 Å². The molecule has 4 heteroatoms. The van der Waals surface area contributed by atoms with Gasteiger partial charge in [0, 0.05) is 0 Å². The molecule has 0 aliphatic rings. The molecular weight excluding hydrogens is 268 g/mol. The Labute approximate surface area is 129 Å². The first-order chi connectivity index (χ1) is 10.1. The number of unbranched alkanes of at least 4 members (excludes halogenated alkanes) is 2. The highest BCUT2D eigenvalue weighted by Crippen LogP contribution is 2.24. The lowest BCUT2D eigenvalue weighted by molar-refractivity contribution is -0.157. The van der Waals surface area contributed by atoms with Gasteiger partial charge in [0.25, 0.3) is 0 Å². The fourth-order valence-corrected chi connectivity index (χ4v) is 2.20. The van der Waals surface area contributed by atoms with Gasteiger partial charge in [-0.05, 0) is 25.2 Å². The first-order valence-electron chi connectivity index (χ1n) is 8.38. The Morgan fingerprint density at radius 2 is 1.52 bits per heavy atom. The number of hydrogen-bond acceptors (Lipinski definition) is 4. The van der Waals surface area contributed by atoms with Crippen molar-refractivity contribution in [2.24, 2.45) is 11.8 Å². The molecule has 0 aliphatic carbocycles. The minimum Gasteiger partial charge on any atom is -0.466 e. The van der Waals surface area contributed by atoms with Gasteiger partial charge in [0.05, 0.1) is 25.6 Å². The molecule has 0 amide bonds. The molecule has 0 aliphatic heterocycles. The summed E-state index contributed by atoms with van der Waals surface area (Å²) in [6.45, 7) is 8.93. The van der Waals surface area contributed by atoms with Gasteiger partial charge in [-0.1, -0.05) is 47.0 Å². The van der Waals surface area contributed by atoms with Gasteiger partial charge < -0.3 is 9.47 Å². The van der Waals surface area contributed by atoms with Gasteiger partial charge >= 0.3 is 11.9 Å². The van der Waals surface area contributed by atoms with E-state index < -0.39 is 0 Å². The molecule has 0 saturated heterocycles. The highest BCUT2D eigenvalue weighted by molar-refractivity contribution is 5.80. The Hall–Kier alpha value is -1.06. The maximum atomic E-state index is 12.2. The first kappa shape index (κ1) is 19.9. The van der Waals surface area contributed by atoms with E-state index in [-0.39, 0.29) is 30.2 Å². The highest BCUT2D eigenvalue weighted by atomic mass is 16.5. The van der Waals surface area contributed by atoms with Crippen molar-refractivity contribution in [1.29, 1.82) is 0 Å². The van der Waals surface area contributed by atoms with Crippen LogP contribution in [0.2, 0.25) is 0 Å². The Morgan fingerprint density at radius 3 is 2.10 bits per heavy atom. The molecule has 0 rings (SSSR count). The predicted octanol–water partition coefficient (Wildman–Crippen LogP) is 4.12. The van der Waals surface area contributed by atoms with Gasteiger partial charge in [0.15, 0.2) is 0 Å². The van der Waals surface area contributed by atoms with Crippen molar-refractivity contribution < 1.29 is 19.1 Å². The zero-order valence-electron chi connectivity index (χ0n) is 14.2. The second-order valence-electron chi connectivity index (χ2n) is 5.67. The lowest BCUT2D eigenvalue weighted by atomic mass is 9.87. The second kappa shape index (κ2) is 12.7. The van der Waals surface area contributed by atoms with Crippen LogP contribution in [0.1, 0.15) is 72.6 Å². The fraction of sp³-hybridized carbons (Fsp3) is 0.882. The number of rotatable bonds is 12. The maximum absolute atomic E-state index is 12.2. The van der Waals surface area contributed by atoms with Gasteiger partial charge in [-0.2, -0.15) is 0 Å². The number of carbonyl (C=O) groups excluding carboxylic acids is 2. The quantitative estimate of drug-likeness (QED) is 0.402. The van der Waals surface area contributed by atoms with Crippen molar-refractivity contribution in [2.45, 2.75) is 72.6 Å². The van der Waals surface area contributed by atoms with E-state index in [0.717, 1.165) is 38.5 Å². The predicted molar refractivity (Wildman–Crippen MR) is 83.9 cm³/mol. The van der Waals surface area contributed by atoms with Crippen LogP contribution < -0.4 is 0 Å². The van der Waals surface area contributed by atoms with Gasteiger partial charge in [0.2, 0.25) is 0 Å². The molecule has 0 aromatic rings. The van der Waals surface area contributed by atoms with Gasteiger partial charge in [-0.15, -0.1) is 0 Å². The molecule has 0 fully saturated rings. The third-order valence-corrected chi connectivity index (χ3v) is 3.55. The van der Waals surface area contributed by atoms with Crippen molar-refractivity contribution in [2.75, 3.05) is 13.2 Å². The average Bonchev–Trinajstić information content (AvgIpc) is 2.48. The van der Waals surface area contributed by atoms with E-state index in [9.17, 15) is 9.59 Å². The molecule has 4 nitrogen and oxygen atoms in total. The molecule has 0 saturated carbocycles. The zero-order chi connectivity index (χ0) is 16.1. The van der Waals surface area contributed by atoms with E-state index in [1.165, 1.54) is 0 Å². The summed E-state index contributed by atoms with van der Waals surface area (Å²) in [4.78, 5) is 24.0. The van der Waals surface area contributed by atoms with Crippen LogP contribution in [0.4, 0.5) is 0 Å². The molecule has 124 valence electrons. The molecule has 0 heterocycles. The normalized spacial score (nSPS) is 13.5. The van der Waals surface area contributed by atoms with E-state index in [4.69, 9.17) is 9.47 Å². The molecule has 0 spiro atoms. The van der Waals surface area contributed by atoms with E-state index in [0.29, 0.717) is 13.2 Å². The third-order valence-electron chi connectivity index (χ3n) is 3.55. The average molecular weight is 300 g/mol. The first-order valence-corrected chi connectivity index (χ1v) is 8.38. The van der Waals surface area contributed by atoms with Crippen molar-refractivity contribution >= 4 is 11.9 Å². The topological polar surface area (TPSA) is 52.6 Å². The van der Waals surface area contributed by atoms with Crippen LogP contribution in [0.25, 0.3) is 0 Å². The Kier molecular flexibility index (Phi) is 12.0. The van der Waals surface area contributed by atoms with Crippen LogP contribution >= 0.6 is 0 Å². The third kappa shape index (κ3) is 9.48. The molecule has 21 heavy (non-hydrogen) atoms. The highest BCUT2D eigenvalue weighted by Gasteiger charge is 2.29. The monoisotopic (exact) mass is 300 g/mol. The summed E-state index contributed by atoms with van der Waals surface area (Å²) in [6.07, 6.45) is 6.05. The number of carbonyl (C=O) groups is 2. The summed E-state index contributed by atoms with van der Waals surface area (Å²) in [6, 6.07) is 0. The Balaban J connectivity index is 4.51. The van der Waals surface area contributed by atoms with Crippen LogP contribution in [0.5, 0.6) is 0 Å². The molecule has 0 aromatic heterocycles. The number of hydrogen-bond donors (Lipinski definition) is 0. The molecule has 0 aromatic carbocycles. The fourth-order valence-electron chi connectivity index (χ4n) is 2.20. The van der Waals surface area contributed by atoms with E-state index in [1.54, 1.807) is 0 Å². The van der Waals surface area contributed by atoms with Crippen molar-refractivity contribution in [3.63, 3.8) is 0 Å². The summed E-state index contributed by atoms with van der Waals surface area (Å²) in [5.74, 6) is -0.778. The van der Waals surface area contributed by atoms with E-state index in [2.05, 4.69) is 6.92 Å². The number of ether oxygens (including phenoxy) is 2. The van der Waals surface area contributed by atoms with Crippen LogP contribution in [0.15, 0.2) is 0 Å². The van der Waals surface area contributed by atoms with Crippen LogP contribution in [-0.4, -0.2) is 25.2 Å². The summed E-state index contributed by atoms with van der Waals surface area (Å²) in [7, 11) is 0. The van der Waals surface area contributed by atoms with Crippen LogP contribution in [0, 0.1) is 11.8 Å². The summed E-state index contributed by atoms with van der Waals surface area (Å²) < 4.78 is 10.3. The van der Waals surface area contributed by atoms with Crippen molar-refractivity contribution in [1.82, 2.24) is 0 Å². The minimum atomic E-state index is -0.377. The van der Waals surface area contributed by atoms with Gasteiger partial charge in [0.1, 0.15) is 0 Å². The molecular formula is C17H32O4. The lowest BCUT2D eigenvalue weighted by Gasteiger charge is -2.21. The largest absolute Gasteiger partial charge is 0.466 e. The smallest absolute Gasteiger partial charge is 0.309 e. The Bertz CT molecular complexity index is 289. The summed E-state index contributed by atoms with van der Waals surface area (Å²) >= 11 is 0. The number of esters is 2. The molecule has 0 bridgehead atoms.